The Morgan fingerprint density at radius 2 is 2.06 bits per heavy atom. The Hall–Kier alpha value is -0.120. The molecule has 0 amide bonds. The number of nitrogens with one attached hydrogen (secondary N) is 1. The first-order valence-corrected chi connectivity index (χ1v) is 7.00. The molecule has 2 N–H and O–H groups in total. The van der Waals surface area contributed by atoms with Gasteiger partial charge in [-0.25, -0.2) is 0 Å². The predicted octanol–water partition coefficient (Wildman–Crippen LogP) is 1.86. The molecule has 17 heavy (non-hydrogen) atoms. The van der Waals surface area contributed by atoms with Crippen molar-refractivity contribution in [2.24, 2.45) is 5.92 Å². The molecule has 3 atom stereocenters. The van der Waals surface area contributed by atoms with E-state index in [4.69, 9.17) is 0 Å². The number of hydrogen-bond donors (Lipinski definition) is 2. The smallest absolute Gasteiger partial charge is 0.0623 e. The second-order valence-electron chi connectivity index (χ2n) is 6.35. The van der Waals surface area contributed by atoms with Gasteiger partial charge in [0.25, 0.3) is 0 Å². The molecule has 1 rings (SSSR count). The number of piperidine rings is 1. The van der Waals surface area contributed by atoms with E-state index < -0.39 is 0 Å². The molecule has 0 radical (unpaired) electrons. The molecule has 0 aromatic heterocycles. The lowest BCUT2D eigenvalue weighted by Gasteiger charge is -2.43. The van der Waals surface area contributed by atoms with Crippen LogP contribution in [0.5, 0.6) is 0 Å². The molecule has 3 nitrogen and oxygen atoms in total. The van der Waals surface area contributed by atoms with E-state index in [1.807, 2.05) is 0 Å². The highest BCUT2D eigenvalue weighted by Gasteiger charge is 2.32. The maximum Gasteiger partial charge on any atom is 0.0623 e. The third-order valence-corrected chi connectivity index (χ3v) is 4.04. The summed E-state index contributed by atoms with van der Waals surface area (Å²) in [7, 11) is 0. The predicted molar refractivity (Wildman–Crippen MR) is 73.2 cm³/mol. The van der Waals surface area contributed by atoms with E-state index in [9.17, 15) is 5.11 Å². The third-order valence-electron chi connectivity index (χ3n) is 4.04. The van der Waals surface area contributed by atoms with Crippen molar-refractivity contribution in [1.29, 1.82) is 0 Å². The van der Waals surface area contributed by atoms with Crippen LogP contribution in [0.1, 0.15) is 47.5 Å². The van der Waals surface area contributed by atoms with E-state index in [0.29, 0.717) is 12.1 Å². The molecule has 1 aliphatic rings. The summed E-state index contributed by atoms with van der Waals surface area (Å²) in [5.74, 6) is 0.769. The second kappa shape index (κ2) is 6.17. The Labute approximate surface area is 107 Å². The SMILES string of the molecule is CC(C)NC(C)(CO)CN1CCCC(C)C1C. The van der Waals surface area contributed by atoms with E-state index in [0.717, 1.165) is 12.5 Å². The lowest BCUT2D eigenvalue weighted by atomic mass is 9.90. The van der Waals surface area contributed by atoms with Crippen molar-refractivity contribution in [2.45, 2.75) is 65.1 Å². The summed E-state index contributed by atoms with van der Waals surface area (Å²) >= 11 is 0. The number of aliphatic hydroxyl groups excluding tert-OH is 1. The summed E-state index contributed by atoms with van der Waals surface area (Å²) in [6.45, 7) is 13.3. The topological polar surface area (TPSA) is 35.5 Å². The Morgan fingerprint density at radius 1 is 1.41 bits per heavy atom. The van der Waals surface area contributed by atoms with Crippen LogP contribution >= 0.6 is 0 Å². The average Bonchev–Trinajstić information content (AvgIpc) is 2.24. The fourth-order valence-corrected chi connectivity index (χ4v) is 2.93. The van der Waals surface area contributed by atoms with Crippen molar-refractivity contribution in [1.82, 2.24) is 10.2 Å². The minimum atomic E-state index is -0.181. The zero-order chi connectivity index (χ0) is 13.1. The maximum atomic E-state index is 9.63. The molecule has 3 unspecified atom stereocenters. The van der Waals surface area contributed by atoms with Crippen LogP contribution < -0.4 is 5.32 Å². The van der Waals surface area contributed by atoms with Crippen molar-refractivity contribution in [3.63, 3.8) is 0 Å². The van der Waals surface area contributed by atoms with Crippen LogP contribution in [0.15, 0.2) is 0 Å². The van der Waals surface area contributed by atoms with Gasteiger partial charge in [0.1, 0.15) is 0 Å². The highest BCUT2D eigenvalue weighted by Crippen LogP contribution is 2.24. The van der Waals surface area contributed by atoms with Gasteiger partial charge in [0, 0.05) is 18.6 Å². The number of nitrogens with zero attached hydrogens (tertiary/aromatic N) is 1. The minimum Gasteiger partial charge on any atom is -0.394 e. The van der Waals surface area contributed by atoms with E-state index in [1.54, 1.807) is 0 Å². The number of aliphatic hydroxyl groups is 1. The van der Waals surface area contributed by atoms with Crippen LogP contribution in [0.2, 0.25) is 0 Å². The van der Waals surface area contributed by atoms with Gasteiger partial charge < -0.3 is 10.4 Å². The Kier molecular flexibility index (Phi) is 5.42. The first kappa shape index (κ1) is 14.9. The zero-order valence-corrected chi connectivity index (χ0v) is 12.2. The lowest BCUT2D eigenvalue weighted by Crippen LogP contribution is -2.59. The summed E-state index contributed by atoms with van der Waals surface area (Å²) in [6, 6.07) is 1.04. The third kappa shape index (κ3) is 4.23. The average molecular weight is 242 g/mol. The van der Waals surface area contributed by atoms with Crippen molar-refractivity contribution < 1.29 is 5.11 Å². The van der Waals surface area contributed by atoms with Gasteiger partial charge in [0.05, 0.1) is 12.1 Å². The van der Waals surface area contributed by atoms with Crippen molar-refractivity contribution >= 4 is 0 Å². The van der Waals surface area contributed by atoms with Gasteiger partial charge in [-0.2, -0.15) is 0 Å². The molecule has 1 fully saturated rings. The minimum absolute atomic E-state index is 0.181. The van der Waals surface area contributed by atoms with Gasteiger partial charge in [-0.3, -0.25) is 4.90 Å². The number of likely N-dealkylation sites (tertiary alicyclic amines) is 1. The van der Waals surface area contributed by atoms with Gasteiger partial charge in [-0.15, -0.1) is 0 Å². The lowest BCUT2D eigenvalue weighted by molar-refractivity contribution is 0.0542. The van der Waals surface area contributed by atoms with E-state index in [-0.39, 0.29) is 12.1 Å². The van der Waals surface area contributed by atoms with Crippen LogP contribution in [0, 0.1) is 5.92 Å². The normalized spacial score (nSPS) is 30.5. The van der Waals surface area contributed by atoms with E-state index >= 15 is 0 Å². The molecule has 102 valence electrons. The molecule has 3 heteroatoms. The van der Waals surface area contributed by atoms with Gasteiger partial charge in [0.15, 0.2) is 0 Å². The quantitative estimate of drug-likeness (QED) is 0.772. The van der Waals surface area contributed by atoms with Crippen LogP contribution in [0.4, 0.5) is 0 Å². The van der Waals surface area contributed by atoms with Crippen LogP contribution in [-0.2, 0) is 0 Å². The number of rotatable bonds is 5. The van der Waals surface area contributed by atoms with Crippen molar-refractivity contribution in [3.8, 4) is 0 Å². The molecule has 1 aliphatic heterocycles. The first-order valence-electron chi connectivity index (χ1n) is 7.00. The number of hydrogen-bond acceptors (Lipinski definition) is 3. The standard InChI is InChI=1S/C14H30N2O/c1-11(2)15-14(5,10-17)9-16-8-6-7-12(3)13(16)4/h11-13,15,17H,6-10H2,1-5H3. The van der Waals surface area contributed by atoms with E-state index in [1.165, 1.54) is 19.4 Å². The fourth-order valence-electron chi connectivity index (χ4n) is 2.93. The van der Waals surface area contributed by atoms with Gasteiger partial charge in [0.2, 0.25) is 0 Å². The van der Waals surface area contributed by atoms with Gasteiger partial charge in [-0.1, -0.05) is 20.8 Å². The molecule has 0 aromatic rings. The zero-order valence-electron chi connectivity index (χ0n) is 12.2. The van der Waals surface area contributed by atoms with Gasteiger partial charge in [-0.05, 0) is 39.2 Å². The van der Waals surface area contributed by atoms with Crippen LogP contribution in [0.25, 0.3) is 0 Å². The molecular formula is C14H30N2O. The summed E-state index contributed by atoms with van der Waals surface area (Å²) in [4.78, 5) is 2.53. The second-order valence-corrected chi connectivity index (χ2v) is 6.35. The summed E-state index contributed by atoms with van der Waals surface area (Å²) in [5.41, 5.74) is -0.181. The maximum absolute atomic E-state index is 9.63. The molecule has 0 spiro atoms. The molecular weight excluding hydrogens is 212 g/mol. The monoisotopic (exact) mass is 242 g/mol. The first-order chi connectivity index (χ1) is 7.88. The molecule has 0 saturated carbocycles. The van der Waals surface area contributed by atoms with Crippen LogP contribution in [0.3, 0.4) is 0 Å². The van der Waals surface area contributed by atoms with E-state index in [2.05, 4.69) is 44.8 Å². The Morgan fingerprint density at radius 3 is 2.59 bits per heavy atom. The Bertz CT molecular complexity index is 232. The molecule has 1 heterocycles. The summed E-state index contributed by atoms with van der Waals surface area (Å²) < 4.78 is 0. The van der Waals surface area contributed by atoms with Crippen molar-refractivity contribution in [3.05, 3.63) is 0 Å². The highest BCUT2D eigenvalue weighted by molar-refractivity contribution is 4.91. The largest absolute Gasteiger partial charge is 0.394 e. The molecule has 1 saturated heterocycles. The summed E-state index contributed by atoms with van der Waals surface area (Å²) in [6.07, 6.45) is 2.62. The molecule has 0 aliphatic carbocycles. The summed E-state index contributed by atoms with van der Waals surface area (Å²) in [5, 5.41) is 13.1. The highest BCUT2D eigenvalue weighted by atomic mass is 16.3. The molecule has 0 aromatic carbocycles. The fraction of sp³-hybridized carbons (Fsp3) is 1.00. The molecule has 0 bridgehead atoms. The van der Waals surface area contributed by atoms with Crippen molar-refractivity contribution in [2.75, 3.05) is 19.7 Å². The van der Waals surface area contributed by atoms with Gasteiger partial charge >= 0.3 is 0 Å². The Balaban J connectivity index is 2.60. The van der Waals surface area contributed by atoms with Crippen LogP contribution in [-0.4, -0.2) is 47.3 Å².